The Labute approximate surface area is 103 Å². The van der Waals surface area contributed by atoms with Gasteiger partial charge in [0.2, 0.25) is 5.91 Å². The largest absolute Gasteiger partial charge is 0.379 e. The zero-order chi connectivity index (χ0) is 12.3. The summed E-state index contributed by atoms with van der Waals surface area (Å²) in [6.07, 6.45) is 5.21. The van der Waals surface area contributed by atoms with Crippen LogP contribution in [0, 0.1) is 11.8 Å². The molecule has 1 heterocycles. The van der Waals surface area contributed by atoms with Crippen molar-refractivity contribution >= 4 is 5.91 Å². The van der Waals surface area contributed by atoms with E-state index in [4.69, 9.17) is 10.5 Å². The molecule has 98 valence electrons. The van der Waals surface area contributed by atoms with Gasteiger partial charge in [-0.05, 0) is 45.1 Å². The first kappa shape index (κ1) is 12.8. The van der Waals surface area contributed by atoms with Gasteiger partial charge >= 0.3 is 0 Å². The van der Waals surface area contributed by atoms with E-state index in [2.05, 4.69) is 12.2 Å². The number of rotatable bonds is 3. The molecule has 0 spiro atoms. The molecule has 2 fully saturated rings. The van der Waals surface area contributed by atoms with Gasteiger partial charge < -0.3 is 15.8 Å². The van der Waals surface area contributed by atoms with E-state index in [1.165, 1.54) is 6.42 Å². The van der Waals surface area contributed by atoms with Crippen LogP contribution in [0.2, 0.25) is 0 Å². The predicted octanol–water partition coefficient (Wildman–Crippen LogP) is 1.05. The normalized spacial score (nSPS) is 38.0. The van der Waals surface area contributed by atoms with Gasteiger partial charge in [0.1, 0.15) is 0 Å². The maximum atomic E-state index is 12.2. The molecule has 1 amide bonds. The van der Waals surface area contributed by atoms with Gasteiger partial charge in [0, 0.05) is 12.5 Å². The first-order chi connectivity index (χ1) is 8.13. The van der Waals surface area contributed by atoms with Crippen molar-refractivity contribution < 1.29 is 9.53 Å². The quantitative estimate of drug-likeness (QED) is 0.775. The van der Waals surface area contributed by atoms with Gasteiger partial charge in [-0.15, -0.1) is 0 Å². The number of amides is 1. The van der Waals surface area contributed by atoms with E-state index >= 15 is 0 Å². The van der Waals surface area contributed by atoms with Gasteiger partial charge in [0.25, 0.3) is 0 Å². The fourth-order valence-electron chi connectivity index (χ4n) is 2.91. The van der Waals surface area contributed by atoms with Crippen molar-refractivity contribution in [3.63, 3.8) is 0 Å². The third-order valence-electron chi connectivity index (χ3n) is 4.13. The molecule has 0 aromatic heterocycles. The topological polar surface area (TPSA) is 64.4 Å². The number of hydrogen-bond donors (Lipinski definition) is 2. The van der Waals surface area contributed by atoms with Crippen LogP contribution < -0.4 is 11.1 Å². The molecular weight excluding hydrogens is 216 g/mol. The Morgan fingerprint density at radius 2 is 2.35 bits per heavy atom. The average molecular weight is 240 g/mol. The lowest BCUT2D eigenvalue weighted by atomic mass is 9.80. The Morgan fingerprint density at radius 1 is 1.53 bits per heavy atom. The maximum absolute atomic E-state index is 12.2. The molecule has 4 heteroatoms. The lowest BCUT2D eigenvalue weighted by Crippen LogP contribution is -2.49. The lowest BCUT2D eigenvalue weighted by molar-refractivity contribution is -0.128. The number of carbonyl (C=O) groups excluding carboxylic acids is 1. The van der Waals surface area contributed by atoms with Crippen LogP contribution in [0.15, 0.2) is 0 Å². The highest BCUT2D eigenvalue weighted by atomic mass is 16.5. The van der Waals surface area contributed by atoms with Gasteiger partial charge in [-0.25, -0.2) is 0 Å². The standard InChI is InChI=1S/C13H24N2O2/c1-13(5-6-17-9-13)15-12(16)11-4-2-3-10(7-11)8-14/h10-11H,2-9,14H2,1H3,(H,15,16). The van der Waals surface area contributed by atoms with Crippen LogP contribution in [0.5, 0.6) is 0 Å². The molecule has 3 N–H and O–H groups in total. The van der Waals surface area contributed by atoms with Crippen LogP contribution in [0.25, 0.3) is 0 Å². The van der Waals surface area contributed by atoms with Gasteiger partial charge in [0.15, 0.2) is 0 Å². The fraction of sp³-hybridized carbons (Fsp3) is 0.923. The summed E-state index contributed by atoms with van der Waals surface area (Å²) < 4.78 is 5.36. The summed E-state index contributed by atoms with van der Waals surface area (Å²) in [7, 11) is 0. The van der Waals surface area contributed by atoms with Crippen molar-refractivity contribution in [2.45, 2.75) is 44.6 Å². The molecule has 1 aliphatic heterocycles. The van der Waals surface area contributed by atoms with E-state index in [0.717, 1.165) is 32.3 Å². The Kier molecular flexibility index (Phi) is 4.05. The molecule has 1 saturated heterocycles. The number of carbonyl (C=O) groups is 1. The van der Waals surface area contributed by atoms with Gasteiger partial charge in [-0.3, -0.25) is 4.79 Å². The van der Waals surface area contributed by atoms with Crippen molar-refractivity contribution in [1.82, 2.24) is 5.32 Å². The second-order valence-electron chi connectivity index (χ2n) is 5.82. The van der Waals surface area contributed by atoms with Crippen molar-refractivity contribution in [3.05, 3.63) is 0 Å². The maximum Gasteiger partial charge on any atom is 0.223 e. The molecule has 2 aliphatic rings. The second kappa shape index (κ2) is 5.36. The van der Waals surface area contributed by atoms with Crippen LogP contribution in [0.3, 0.4) is 0 Å². The minimum Gasteiger partial charge on any atom is -0.379 e. The molecule has 1 aliphatic carbocycles. The Bertz CT molecular complexity index is 275. The van der Waals surface area contributed by atoms with Crippen LogP contribution in [0.1, 0.15) is 39.0 Å². The number of nitrogens with one attached hydrogen (secondary N) is 1. The molecule has 3 unspecified atom stereocenters. The minimum atomic E-state index is -0.146. The summed E-state index contributed by atoms with van der Waals surface area (Å²) in [6, 6.07) is 0. The molecule has 4 nitrogen and oxygen atoms in total. The fourth-order valence-corrected chi connectivity index (χ4v) is 2.91. The molecular formula is C13H24N2O2. The van der Waals surface area contributed by atoms with E-state index in [9.17, 15) is 4.79 Å². The smallest absolute Gasteiger partial charge is 0.223 e. The van der Waals surface area contributed by atoms with E-state index in [1.807, 2.05) is 0 Å². The van der Waals surface area contributed by atoms with Crippen molar-refractivity contribution in [2.75, 3.05) is 19.8 Å². The number of hydrogen-bond acceptors (Lipinski definition) is 3. The summed E-state index contributed by atoms with van der Waals surface area (Å²) in [6.45, 7) is 4.18. The van der Waals surface area contributed by atoms with Crippen LogP contribution >= 0.6 is 0 Å². The first-order valence-corrected chi connectivity index (χ1v) is 6.73. The number of nitrogens with two attached hydrogens (primary N) is 1. The zero-order valence-corrected chi connectivity index (χ0v) is 10.7. The van der Waals surface area contributed by atoms with Crippen LogP contribution in [0.4, 0.5) is 0 Å². The summed E-state index contributed by atoms with van der Waals surface area (Å²) in [5.41, 5.74) is 5.56. The SMILES string of the molecule is CC1(NC(=O)C2CCCC(CN)C2)CCOC1. The molecule has 2 rings (SSSR count). The summed E-state index contributed by atoms with van der Waals surface area (Å²) in [4.78, 5) is 12.2. The predicted molar refractivity (Wildman–Crippen MR) is 66.5 cm³/mol. The van der Waals surface area contributed by atoms with Gasteiger partial charge in [-0.2, -0.15) is 0 Å². The first-order valence-electron chi connectivity index (χ1n) is 6.73. The highest BCUT2D eigenvalue weighted by molar-refractivity contribution is 5.79. The Balaban J connectivity index is 1.86. The highest BCUT2D eigenvalue weighted by Crippen LogP contribution is 2.29. The monoisotopic (exact) mass is 240 g/mol. The Hall–Kier alpha value is -0.610. The molecule has 0 aromatic carbocycles. The zero-order valence-electron chi connectivity index (χ0n) is 10.7. The van der Waals surface area contributed by atoms with Crippen molar-refractivity contribution in [1.29, 1.82) is 0 Å². The summed E-state index contributed by atoms with van der Waals surface area (Å²) in [5, 5.41) is 3.16. The van der Waals surface area contributed by atoms with E-state index in [0.29, 0.717) is 19.1 Å². The third kappa shape index (κ3) is 3.19. The average Bonchev–Trinajstić information content (AvgIpc) is 2.76. The van der Waals surface area contributed by atoms with E-state index < -0.39 is 0 Å². The Morgan fingerprint density at radius 3 is 3.00 bits per heavy atom. The van der Waals surface area contributed by atoms with Crippen LogP contribution in [-0.2, 0) is 9.53 Å². The molecule has 0 bridgehead atoms. The second-order valence-corrected chi connectivity index (χ2v) is 5.82. The van der Waals surface area contributed by atoms with E-state index in [1.54, 1.807) is 0 Å². The molecule has 0 aromatic rings. The summed E-state index contributed by atoms with van der Waals surface area (Å²) >= 11 is 0. The van der Waals surface area contributed by atoms with Crippen molar-refractivity contribution in [2.24, 2.45) is 17.6 Å². The van der Waals surface area contributed by atoms with Crippen LogP contribution in [-0.4, -0.2) is 31.2 Å². The molecule has 3 atom stereocenters. The van der Waals surface area contributed by atoms with Gasteiger partial charge in [-0.1, -0.05) is 6.42 Å². The highest BCUT2D eigenvalue weighted by Gasteiger charge is 2.34. The third-order valence-corrected chi connectivity index (χ3v) is 4.13. The summed E-state index contributed by atoms with van der Waals surface area (Å²) in [5.74, 6) is 0.901. The van der Waals surface area contributed by atoms with Gasteiger partial charge in [0.05, 0.1) is 12.1 Å². The van der Waals surface area contributed by atoms with E-state index in [-0.39, 0.29) is 17.4 Å². The molecule has 0 radical (unpaired) electrons. The number of ether oxygens (including phenoxy) is 1. The van der Waals surface area contributed by atoms with Crippen molar-refractivity contribution in [3.8, 4) is 0 Å². The lowest BCUT2D eigenvalue weighted by Gasteiger charge is -2.31. The minimum absolute atomic E-state index is 0.146. The molecule has 17 heavy (non-hydrogen) atoms. The molecule has 1 saturated carbocycles.